The van der Waals surface area contributed by atoms with Crippen molar-refractivity contribution < 1.29 is 4.74 Å². The van der Waals surface area contributed by atoms with Gasteiger partial charge in [-0.3, -0.25) is 0 Å². The highest BCUT2D eigenvalue weighted by atomic mass is 16.5. The largest absolute Gasteiger partial charge is 0.374 e. The first-order valence-electron chi connectivity index (χ1n) is 7.07. The van der Waals surface area contributed by atoms with Crippen LogP contribution in [0.25, 0.3) is 0 Å². The van der Waals surface area contributed by atoms with Crippen molar-refractivity contribution in [2.45, 2.75) is 51.7 Å². The van der Waals surface area contributed by atoms with Crippen LogP contribution in [0.2, 0.25) is 0 Å². The first kappa shape index (κ1) is 13.6. The predicted molar refractivity (Wildman–Crippen MR) is 75.8 cm³/mol. The number of nitrogens with one attached hydrogen (secondary N) is 1. The molecule has 0 radical (unpaired) electrons. The normalized spacial score (nSPS) is 25.3. The van der Waals surface area contributed by atoms with Crippen molar-refractivity contribution in [1.82, 2.24) is 5.32 Å². The van der Waals surface area contributed by atoms with Gasteiger partial charge in [-0.2, -0.15) is 0 Å². The summed E-state index contributed by atoms with van der Waals surface area (Å²) >= 11 is 0. The second-order valence-electron chi connectivity index (χ2n) is 5.65. The highest BCUT2D eigenvalue weighted by Gasteiger charge is 2.30. The molecule has 2 unspecified atom stereocenters. The van der Waals surface area contributed by atoms with E-state index in [1.165, 1.54) is 24.0 Å². The standard InChI is InChI=1S/C16H25NO/c1-4-15(14-8-6-13(2)7-9-14)17-12-16(3)10-5-11-18-16/h6-9,15,17H,4-5,10-12H2,1-3H3. The molecule has 1 N–H and O–H groups in total. The molecular weight excluding hydrogens is 222 g/mol. The summed E-state index contributed by atoms with van der Waals surface area (Å²) in [7, 11) is 0. The number of hydrogen-bond acceptors (Lipinski definition) is 2. The van der Waals surface area contributed by atoms with Gasteiger partial charge in [-0.1, -0.05) is 36.8 Å². The van der Waals surface area contributed by atoms with Crippen LogP contribution in [0, 0.1) is 6.92 Å². The van der Waals surface area contributed by atoms with Crippen LogP contribution in [-0.4, -0.2) is 18.8 Å². The molecule has 0 aliphatic carbocycles. The molecule has 0 bridgehead atoms. The third-order valence-corrected chi connectivity index (χ3v) is 3.91. The monoisotopic (exact) mass is 247 g/mol. The maximum absolute atomic E-state index is 5.83. The van der Waals surface area contributed by atoms with E-state index in [1.807, 2.05) is 0 Å². The quantitative estimate of drug-likeness (QED) is 0.858. The Morgan fingerprint density at radius 3 is 2.61 bits per heavy atom. The SMILES string of the molecule is CCC(NCC1(C)CCCO1)c1ccc(C)cc1. The van der Waals surface area contributed by atoms with Crippen LogP contribution < -0.4 is 5.32 Å². The van der Waals surface area contributed by atoms with Crippen LogP contribution in [0.4, 0.5) is 0 Å². The van der Waals surface area contributed by atoms with Crippen molar-refractivity contribution in [2.75, 3.05) is 13.2 Å². The van der Waals surface area contributed by atoms with Crippen molar-refractivity contribution in [1.29, 1.82) is 0 Å². The fraction of sp³-hybridized carbons (Fsp3) is 0.625. The molecule has 2 atom stereocenters. The highest BCUT2D eigenvalue weighted by Crippen LogP contribution is 2.26. The van der Waals surface area contributed by atoms with E-state index in [2.05, 4.69) is 50.4 Å². The molecule has 2 rings (SSSR count). The number of rotatable bonds is 5. The molecule has 1 fully saturated rings. The lowest BCUT2D eigenvalue weighted by molar-refractivity contribution is 0.0186. The summed E-state index contributed by atoms with van der Waals surface area (Å²) in [6.45, 7) is 8.44. The van der Waals surface area contributed by atoms with Gasteiger partial charge in [0.15, 0.2) is 0 Å². The Labute approximate surface area is 111 Å². The second-order valence-corrected chi connectivity index (χ2v) is 5.65. The van der Waals surface area contributed by atoms with Crippen LogP contribution in [0.3, 0.4) is 0 Å². The third-order valence-electron chi connectivity index (χ3n) is 3.91. The number of hydrogen-bond donors (Lipinski definition) is 1. The van der Waals surface area contributed by atoms with E-state index < -0.39 is 0 Å². The van der Waals surface area contributed by atoms with Gasteiger partial charge < -0.3 is 10.1 Å². The van der Waals surface area contributed by atoms with Gasteiger partial charge >= 0.3 is 0 Å². The zero-order valence-electron chi connectivity index (χ0n) is 11.8. The lowest BCUT2D eigenvalue weighted by Crippen LogP contribution is -2.38. The summed E-state index contributed by atoms with van der Waals surface area (Å²) in [6.07, 6.45) is 3.48. The molecule has 0 aromatic heterocycles. The minimum atomic E-state index is 0.0398. The zero-order valence-corrected chi connectivity index (χ0v) is 11.8. The van der Waals surface area contributed by atoms with E-state index in [0.29, 0.717) is 6.04 Å². The molecule has 0 amide bonds. The molecule has 100 valence electrons. The topological polar surface area (TPSA) is 21.3 Å². The maximum atomic E-state index is 5.83. The summed E-state index contributed by atoms with van der Waals surface area (Å²) in [5, 5.41) is 3.66. The van der Waals surface area contributed by atoms with E-state index in [4.69, 9.17) is 4.74 Å². The van der Waals surface area contributed by atoms with Gasteiger partial charge in [0, 0.05) is 19.2 Å². The first-order chi connectivity index (χ1) is 8.63. The van der Waals surface area contributed by atoms with Gasteiger partial charge in [-0.25, -0.2) is 0 Å². The van der Waals surface area contributed by atoms with E-state index in [1.54, 1.807) is 0 Å². The Hall–Kier alpha value is -0.860. The highest BCUT2D eigenvalue weighted by molar-refractivity contribution is 5.24. The van der Waals surface area contributed by atoms with Crippen molar-refractivity contribution >= 4 is 0 Å². The van der Waals surface area contributed by atoms with E-state index >= 15 is 0 Å². The van der Waals surface area contributed by atoms with Crippen LogP contribution >= 0.6 is 0 Å². The van der Waals surface area contributed by atoms with Crippen molar-refractivity contribution in [2.24, 2.45) is 0 Å². The predicted octanol–water partition coefficient (Wildman–Crippen LogP) is 3.60. The Kier molecular flexibility index (Phi) is 4.41. The summed E-state index contributed by atoms with van der Waals surface area (Å²) < 4.78 is 5.83. The number of benzene rings is 1. The molecule has 0 saturated carbocycles. The molecule has 1 aliphatic rings. The smallest absolute Gasteiger partial charge is 0.0779 e. The minimum Gasteiger partial charge on any atom is -0.374 e. The fourth-order valence-corrected chi connectivity index (χ4v) is 2.61. The van der Waals surface area contributed by atoms with Gasteiger partial charge in [0.25, 0.3) is 0 Å². The summed E-state index contributed by atoms with van der Waals surface area (Å²) in [4.78, 5) is 0. The van der Waals surface area contributed by atoms with Gasteiger partial charge in [-0.05, 0) is 38.7 Å². The minimum absolute atomic E-state index is 0.0398. The maximum Gasteiger partial charge on any atom is 0.0779 e. The van der Waals surface area contributed by atoms with E-state index in [9.17, 15) is 0 Å². The van der Waals surface area contributed by atoms with Crippen LogP contribution in [-0.2, 0) is 4.74 Å². The Morgan fingerprint density at radius 1 is 1.33 bits per heavy atom. The average Bonchev–Trinajstić information content (AvgIpc) is 2.79. The zero-order chi connectivity index (χ0) is 13.0. The van der Waals surface area contributed by atoms with E-state index in [0.717, 1.165) is 19.6 Å². The van der Waals surface area contributed by atoms with Crippen LogP contribution in [0.1, 0.15) is 50.3 Å². The van der Waals surface area contributed by atoms with Crippen molar-refractivity contribution in [3.63, 3.8) is 0 Å². The first-order valence-corrected chi connectivity index (χ1v) is 7.07. The Bertz CT molecular complexity index is 365. The summed E-state index contributed by atoms with van der Waals surface area (Å²) in [5.41, 5.74) is 2.74. The molecule has 0 spiro atoms. The van der Waals surface area contributed by atoms with Crippen molar-refractivity contribution in [3.8, 4) is 0 Å². The lowest BCUT2D eigenvalue weighted by Gasteiger charge is -2.27. The van der Waals surface area contributed by atoms with Gasteiger partial charge in [-0.15, -0.1) is 0 Å². The third kappa shape index (κ3) is 3.33. The van der Waals surface area contributed by atoms with E-state index in [-0.39, 0.29) is 5.60 Å². The molecule has 2 nitrogen and oxygen atoms in total. The summed E-state index contributed by atoms with van der Waals surface area (Å²) in [6, 6.07) is 9.27. The van der Waals surface area contributed by atoms with Crippen LogP contribution in [0.5, 0.6) is 0 Å². The lowest BCUT2D eigenvalue weighted by atomic mass is 9.99. The second kappa shape index (κ2) is 5.85. The molecule has 1 aromatic rings. The molecule has 1 aliphatic heterocycles. The van der Waals surface area contributed by atoms with Gasteiger partial charge in [0.05, 0.1) is 5.60 Å². The molecule has 1 saturated heterocycles. The Balaban J connectivity index is 1.95. The molecule has 18 heavy (non-hydrogen) atoms. The van der Waals surface area contributed by atoms with Gasteiger partial charge in [0.1, 0.15) is 0 Å². The Morgan fingerprint density at radius 2 is 2.06 bits per heavy atom. The van der Waals surface area contributed by atoms with Gasteiger partial charge in [0.2, 0.25) is 0 Å². The number of ether oxygens (including phenoxy) is 1. The molecule has 2 heteroatoms. The fourth-order valence-electron chi connectivity index (χ4n) is 2.61. The average molecular weight is 247 g/mol. The van der Waals surface area contributed by atoms with Crippen LogP contribution in [0.15, 0.2) is 24.3 Å². The number of aryl methyl sites for hydroxylation is 1. The molecule has 1 aromatic carbocycles. The molecule has 1 heterocycles. The van der Waals surface area contributed by atoms with Crippen molar-refractivity contribution in [3.05, 3.63) is 35.4 Å². The molecular formula is C16H25NO. The summed E-state index contributed by atoms with van der Waals surface area (Å²) in [5.74, 6) is 0.